The van der Waals surface area contributed by atoms with Crippen molar-refractivity contribution in [1.82, 2.24) is 25.0 Å². The molecule has 0 bridgehead atoms. The van der Waals surface area contributed by atoms with E-state index in [1.807, 2.05) is 47.9 Å². The Kier molecular flexibility index (Phi) is 5.11. The van der Waals surface area contributed by atoms with Gasteiger partial charge in [-0.3, -0.25) is 14.7 Å². The minimum atomic E-state index is -0.0140. The van der Waals surface area contributed by atoms with Crippen molar-refractivity contribution in [1.29, 1.82) is 0 Å². The molecule has 0 spiro atoms. The fourth-order valence-electron chi connectivity index (χ4n) is 3.04. The summed E-state index contributed by atoms with van der Waals surface area (Å²) in [6.45, 7) is 6.24. The lowest BCUT2D eigenvalue weighted by Crippen LogP contribution is -2.37. The summed E-state index contributed by atoms with van der Waals surface area (Å²) in [4.78, 5) is 32.7. The maximum Gasteiger partial charge on any atom is 0.253 e. The summed E-state index contributed by atoms with van der Waals surface area (Å²) in [5.41, 5.74) is 1.43. The summed E-state index contributed by atoms with van der Waals surface area (Å²) >= 11 is 0. The van der Waals surface area contributed by atoms with E-state index in [9.17, 15) is 9.59 Å². The molecule has 0 atom stereocenters. The average Bonchev–Trinajstić information content (AvgIpc) is 2.93. The third kappa shape index (κ3) is 3.87. The van der Waals surface area contributed by atoms with Gasteiger partial charge >= 0.3 is 0 Å². The van der Waals surface area contributed by atoms with Gasteiger partial charge in [0, 0.05) is 43.7 Å². The zero-order chi connectivity index (χ0) is 17.8. The number of benzene rings is 1. The molecule has 2 heterocycles. The average molecular weight is 341 g/mol. The van der Waals surface area contributed by atoms with Crippen molar-refractivity contribution in [2.45, 2.75) is 26.7 Å². The predicted molar refractivity (Wildman–Crippen MR) is 93.9 cm³/mol. The van der Waals surface area contributed by atoms with Crippen LogP contribution in [0.25, 0.3) is 11.4 Å². The molecule has 1 aromatic carbocycles. The Morgan fingerprint density at radius 3 is 2.64 bits per heavy atom. The van der Waals surface area contributed by atoms with Gasteiger partial charge in [0.05, 0.1) is 0 Å². The number of aryl methyl sites for hydroxylation is 1. The van der Waals surface area contributed by atoms with Gasteiger partial charge < -0.3 is 9.80 Å². The lowest BCUT2D eigenvalue weighted by atomic mass is 10.1. The van der Waals surface area contributed by atoms with Crippen LogP contribution in [0.15, 0.2) is 24.3 Å². The normalized spacial score (nSPS) is 15.1. The van der Waals surface area contributed by atoms with Crippen LogP contribution in [0.4, 0.5) is 0 Å². The molecule has 2 aromatic rings. The number of aromatic amines is 1. The van der Waals surface area contributed by atoms with Crippen molar-refractivity contribution < 1.29 is 9.59 Å². The molecule has 1 aliphatic rings. The summed E-state index contributed by atoms with van der Waals surface area (Å²) in [5.74, 6) is 1.46. The number of hydrogen-bond donors (Lipinski definition) is 1. The number of amides is 2. The van der Waals surface area contributed by atoms with Gasteiger partial charge in [0.25, 0.3) is 5.91 Å². The molecule has 0 aliphatic carbocycles. The fraction of sp³-hybridized carbons (Fsp3) is 0.444. The highest BCUT2D eigenvalue weighted by atomic mass is 16.2. The van der Waals surface area contributed by atoms with E-state index < -0.39 is 0 Å². The first-order chi connectivity index (χ1) is 12.1. The number of H-pyrrole nitrogens is 1. The fourth-order valence-corrected chi connectivity index (χ4v) is 3.04. The molecule has 2 amide bonds. The van der Waals surface area contributed by atoms with Crippen LogP contribution >= 0.6 is 0 Å². The first-order valence-electron chi connectivity index (χ1n) is 8.65. The molecule has 0 saturated carbocycles. The molecular formula is C18H23N5O2. The Morgan fingerprint density at radius 2 is 1.92 bits per heavy atom. The highest BCUT2D eigenvalue weighted by molar-refractivity contribution is 5.95. The van der Waals surface area contributed by atoms with Crippen molar-refractivity contribution in [3.8, 4) is 11.4 Å². The van der Waals surface area contributed by atoms with Gasteiger partial charge in [0.1, 0.15) is 5.82 Å². The van der Waals surface area contributed by atoms with Gasteiger partial charge in [-0.1, -0.05) is 19.1 Å². The minimum Gasteiger partial charge on any atom is -0.341 e. The lowest BCUT2D eigenvalue weighted by molar-refractivity contribution is -0.130. The Bertz CT molecular complexity index is 770. The van der Waals surface area contributed by atoms with E-state index in [0.717, 1.165) is 17.8 Å². The van der Waals surface area contributed by atoms with Gasteiger partial charge in [-0.05, 0) is 25.5 Å². The summed E-state index contributed by atoms with van der Waals surface area (Å²) < 4.78 is 0. The molecule has 1 saturated heterocycles. The second-order valence-electron chi connectivity index (χ2n) is 6.21. The van der Waals surface area contributed by atoms with Gasteiger partial charge in [-0.25, -0.2) is 4.98 Å². The highest BCUT2D eigenvalue weighted by Crippen LogP contribution is 2.18. The summed E-state index contributed by atoms with van der Waals surface area (Å²) in [5, 5.41) is 6.96. The van der Waals surface area contributed by atoms with E-state index >= 15 is 0 Å². The van der Waals surface area contributed by atoms with Crippen LogP contribution < -0.4 is 0 Å². The molecule has 1 N–H and O–H groups in total. The Labute approximate surface area is 147 Å². The maximum absolute atomic E-state index is 12.9. The number of carbonyl (C=O) groups excluding carboxylic acids is 2. The topological polar surface area (TPSA) is 82.2 Å². The smallest absolute Gasteiger partial charge is 0.253 e. The van der Waals surface area contributed by atoms with Crippen molar-refractivity contribution >= 4 is 11.8 Å². The zero-order valence-electron chi connectivity index (χ0n) is 14.7. The summed E-state index contributed by atoms with van der Waals surface area (Å²) in [7, 11) is 0. The van der Waals surface area contributed by atoms with E-state index in [4.69, 9.17) is 0 Å². The second-order valence-corrected chi connectivity index (χ2v) is 6.21. The number of aromatic nitrogens is 3. The number of hydrogen-bond acceptors (Lipinski definition) is 4. The van der Waals surface area contributed by atoms with Crippen LogP contribution in [0.3, 0.4) is 0 Å². The van der Waals surface area contributed by atoms with E-state index in [1.54, 1.807) is 0 Å². The van der Waals surface area contributed by atoms with Crippen LogP contribution in [0, 0.1) is 6.92 Å². The molecule has 25 heavy (non-hydrogen) atoms. The molecule has 7 heteroatoms. The second kappa shape index (κ2) is 7.46. The number of rotatable bonds is 3. The summed E-state index contributed by atoms with van der Waals surface area (Å²) in [6, 6.07) is 7.37. The van der Waals surface area contributed by atoms with Gasteiger partial charge in [-0.15, -0.1) is 0 Å². The van der Waals surface area contributed by atoms with Crippen LogP contribution in [0.2, 0.25) is 0 Å². The van der Waals surface area contributed by atoms with Gasteiger partial charge in [-0.2, -0.15) is 5.10 Å². The monoisotopic (exact) mass is 341 g/mol. The standard InChI is InChI=1S/C18H23N5O2/c1-3-16(24)22-8-5-9-23(11-10-22)18(25)15-7-4-6-14(12-15)17-19-13(2)20-21-17/h4,6-7,12H,3,5,8-11H2,1-2H3,(H,19,20,21). The zero-order valence-corrected chi connectivity index (χ0v) is 14.7. The SMILES string of the molecule is CCC(=O)N1CCCN(C(=O)c2cccc(-c3n[nH]c(C)n3)c2)CC1. The molecule has 0 unspecified atom stereocenters. The molecule has 132 valence electrons. The first-order valence-corrected chi connectivity index (χ1v) is 8.65. The largest absolute Gasteiger partial charge is 0.341 e. The van der Waals surface area contributed by atoms with E-state index in [1.165, 1.54) is 0 Å². The van der Waals surface area contributed by atoms with Crippen LogP contribution in [-0.2, 0) is 4.79 Å². The Hall–Kier alpha value is -2.70. The van der Waals surface area contributed by atoms with Crippen LogP contribution in [-0.4, -0.2) is 63.0 Å². The van der Waals surface area contributed by atoms with E-state index in [0.29, 0.717) is 44.0 Å². The maximum atomic E-state index is 12.9. The van der Waals surface area contributed by atoms with E-state index in [-0.39, 0.29) is 11.8 Å². The van der Waals surface area contributed by atoms with Crippen LogP contribution in [0.1, 0.15) is 35.9 Å². The van der Waals surface area contributed by atoms with Crippen molar-refractivity contribution in [2.24, 2.45) is 0 Å². The van der Waals surface area contributed by atoms with Crippen molar-refractivity contribution in [2.75, 3.05) is 26.2 Å². The third-order valence-corrected chi connectivity index (χ3v) is 4.40. The number of nitrogens with one attached hydrogen (secondary N) is 1. The molecule has 0 radical (unpaired) electrons. The van der Waals surface area contributed by atoms with Crippen LogP contribution in [0.5, 0.6) is 0 Å². The summed E-state index contributed by atoms with van der Waals surface area (Å²) in [6.07, 6.45) is 1.31. The number of carbonyl (C=O) groups is 2. The quantitative estimate of drug-likeness (QED) is 0.924. The first kappa shape index (κ1) is 17.1. The molecule has 1 fully saturated rings. The molecule has 7 nitrogen and oxygen atoms in total. The highest BCUT2D eigenvalue weighted by Gasteiger charge is 2.22. The van der Waals surface area contributed by atoms with Gasteiger partial charge in [0.2, 0.25) is 5.91 Å². The molecule has 1 aromatic heterocycles. The van der Waals surface area contributed by atoms with E-state index in [2.05, 4.69) is 15.2 Å². The Balaban J connectivity index is 1.74. The van der Waals surface area contributed by atoms with Crippen molar-refractivity contribution in [3.05, 3.63) is 35.7 Å². The predicted octanol–water partition coefficient (Wildman–Crippen LogP) is 1.86. The molecule has 3 rings (SSSR count). The third-order valence-electron chi connectivity index (χ3n) is 4.40. The molecule has 1 aliphatic heterocycles. The number of nitrogens with zero attached hydrogens (tertiary/aromatic N) is 4. The Morgan fingerprint density at radius 1 is 1.16 bits per heavy atom. The lowest BCUT2D eigenvalue weighted by Gasteiger charge is -2.22. The molecular weight excluding hydrogens is 318 g/mol. The minimum absolute atomic E-state index is 0.0140. The van der Waals surface area contributed by atoms with Crippen molar-refractivity contribution in [3.63, 3.8) is 0 Å². The van der Waals surface area contributed by atoms with Gasteiger partial charge in [0.15, 0.2) is 5.82 Å².